The van der Waals surface area contributed by atoms with Gasteiger partial charge in [-0.15, -0.1) is 0 Å². The van der Waals surface area contributed by atoms with E-state index < -0.39 is 17.3 Å². The number of ether oxygens (including phenoxy) is 2. The van der Waals surface area contributed by atoms with Gasteiger partial charge in [-0.2, -0.15) is 13.2 Å². The second-order valence-corrected chi connectivity index (χ2v) is 5.52. The van der Waals surface area contributed by atoms with Gasteiger partial charge < -0.3 is 9.47 Å². The molecule has 6 heteroatoms. The van der Waals surface area contributed by atoms with E-state index in [0.717, 1.165) is 25.1 Å². The number of hydrogen-bond donors (Lipinski definition) is 0. The number of aromatic nitrogens is 1. The Kier molecular flexibility index (Phi) is 3.36. The van der Waals surface area contributed by atoms with Crippen molar-refractivity contribution in [1.82, 2.24) is 4.98 Å². The summed E-state index contributed by atoms with van der Waals surface area (Å²) in [5, 5.41) is 0. The summed E-state index contributed by atoms with van der Waals surface area (Å²) in [6, 6.07) is 0.910. The van der Waals surface area contributed by atoms with Crippen LogP contribution in [0.15, 0.2) is 12.3 Å². The SMILES string of the molecule is CC(C)(C)Oc1nccc(C(F)(F)F)c1OC1CC1. The predicted octanol–water partition coefficient (Wildman–Crippen LogP) is 3.82. The van der Waals surface area contributed by atoms with Crippen molar-refractivity contribution >= 4 is 0 Å². The van der Waals surface area contributed by atoms with Crippen molar-refractivity contribution in [2.75, 3.05) is 0 Å². The number of alkyl halides is 3. The zero-order chi connectivity index (χ0) is 14.3. The molecule has 0 aromatic carbocycles. The van der Waals surface area contributed by atoms with E-state index in [4.69, 9.17) is 9.47 Å². The van der Waals surface area contributed by atoms with Crippen LogP contribution >= 0.6 is 0 Å². The molecule has 0 saturated heterocycles. The predicted molar refractivity (Wildman–Crippen MR) is 63.3 cm³/mol. The monoisotopic (exact) mass is 275 g/mol. The zero-order valence-electron chi connectivity index (χ0n) is 11.0. The molecule has 1 saturated carbocycles. The van der Waals surface area contributed by atoms with Crippen LogP contribution in [0, 0.1) is 0 Å². The van der Waals surface area contributed by atoms with Crippen molar-refractivity contribution in [2.24, 2.45) is 0 Å². The lowest BCUT2D eigenvalue weighted by atomic mass is 10.2. The average molecular weight is 275 g/mol. The zero-order valence-corrected chi connectivity index (χ0v) is 11.0. The van der Waals surface area contributed by atoms with Gasteiger partial charge in [0, 0.05) is 6.20 Å². The first-order valence-electron chi connectivity index (χ1n) is 6.09. The number of rotatable bonds is 3. The Morgan fingerprint density at radius 1 is 1.21 bits per heavy atom. The standard InChI is InChI=1S/C13H16F3NO2/c1-12(2,3)19-11-10(18-8-4-5-8)9(6-7-17-11)13(14,15)16/h6-8H,4-5H2,1-3H3. The van der Waals surface area contributed by atoms with Crippen molar-refractivity contribution in [3.8, 4) is 11.6 Å². The molecule has 0 atom stereocenters. The Morgan fingerprint density at radius 2 is 1.84 bits per heavy atom. The highest BCUT2D eigenvalue weighted by atomic mass is 19.4. The fourth-order valence-corrected chi connectivity index (χ4v) is 1.48. The summed E-state index contributed by atoms with van der Waals surface area (Å²) in [6.45, 7) is 5.24. The Bertz CT molecular complexity index is 462. The lowest BCUT2D eigenvalue weighted by Crippen LogP contribution is -2.24. The molecular weight excluding hydrogens is 259 g/mol. The first-order chi connectivity index (χ1) is 8.67. The van der Waals surface area contributed by atoms with Crippen LogP contribution in [0.2, 0.25) is 0 Å². The maximum atomic E-state index is 13.0. The van der Waals surface area contributed by atoms with Gasteiger partial charge >= 0.3 is 6.18 Å². The van der Waals surface area contributed by atoms with E-state index in [1.807, 2.05) is 0 Å². The smallest absolute Gasteiger partial charge is 0.420 e. The third kappa shape index (κ3) is 3.75. The molecule has 1 fully saturated rings. The summed E-state index contributed by atoms with van der Waals surface area (Å²) in [5.74, 6) is -0.401. The molecule has 19 heavy (non-hydrogen) atoms. The molecular formula is C13H16F3NO2. The van der Waals surface area contributed by atoms with Crippen LogP contribution < -0.4 is 9.47 Å². The van der Waals surface area contributed by atoms with Crippen LogP contribution in [-0.2, 0) is 6.18 Å². The summed E-state index contributed by atoms with van der Waals surface area (Å²) in [5.41, 5.74) is -1.48. The molecule has 106 valence electrons. The maximum Gasteiger partial charge on any atom is 0.420 e. The topological polar surface area (TPSA) is 31.4 Å². The van der Waals surface area contributed by atoms with E-state index in [0.29, 0.717) is 0 Å². The maximum absolute atomic E-state index is 13.0. The van der Waals surface area contributed by atoms with Gasteiger partial charge in [0.1, 0.15) is 11.2 Å². The molecule has 0 spiro atoms. The van der Waals surface area contributed by atoms with Crippen molar-refractivity contribution in [3.05, 3.63) is 17.8 Å². The minimum absolute atomic E-state index is 0.103. The fourth-order valence-electron chi connectivity index (χ4n) is 1.48. The lowest BCUT2D eigenvalue weighted by Gasteiger charge is -2.23. The Hall–Kier alpha value is -1.46. The van der Waals surface area contributed by atoms with Crippen LogP contribution in [0.4, 0.5) is 13.2 Å². The van der Waals surface area contributed by atoms with E-state index in [1.54, 1.807) is 20.8 Å². The summed E-state index contributed by atoms with van der Waals surface area (Å²) in [4.78, 5) is 3.87. The van der Waals surface area contributed by atoms with Gasteiger partial charge in [-0.05, 0) is 39.7 Å². The average Bonchev–Trinajstić information content (AvgIpc) is 3.00. The molecule has 0 amide bonds. The van der Waals surface area contributed by atoms with E-state index >= 15 is 0 Å². The third-order valence-electron chi connectivity index (χ3n) is 2.39. The molecule has 0 radical (unpaired) electrons. The minimum atomic E-state index is -4.48. The Balaban J connectivity index is 2.40. The quantitative estimate of drug-likeness (QED) is 0.840. The van der Waals surface area contributed by atoms with Gasteiger partial charge in [-0.25, -0.2) is 4.98 Å². The third-order valence-corrected chi connectivity index (χ3v) is 2.39. The molecule has 0 unspecified atom stereocenters. The fraction of sp³-hybridized carbons (Fsp3) is 0.615. The molecule has 0 aliphatic heterocycles. The number of halogens is 3. The van der Waals surface area contributed by atoms with Crippen LogP contribution in [-0.4, -0.2) is 16.7 Å². The number of nitrogens with zero attached hydrogens (tertiary/aromatic N) is 1. The van der Waals surface area contributed by atoms with Gasteiger partial charge in [0.05, 0.1) is 6.10 Å². The van der Waals surface area contributed by atoms with E-state index in [1.165, 1.54) is 0 Å². The van der Waals surface area contributed by atoms with Gasteiger partial charge in [0.25, 0.3) is 5.88 Å². The van der Waals surface area contributed by atoms with Crippen molar-refractivity contribution in [3.63, 3.8) is 0 Å². The van der Waals surface area contributed by atoms with Gasteiger partial charge in [-0.3, -0.25) is 0 Å². The van der Waals surface area contributed by atoms with Crippen LogP contribution in [0.25, 0.3) is 0 Å². The highest BCUT2D eigenvalue weighted by Gasteiger charge is 2.39. The van der Waals surface area contributed by atoms with E-state index in [9.17, 15) is 13.2 Å². The van der Waals surface area contributed by atoms with Crippen molar-refractivity contribution in [1.29, 1.82) is 0 Å². The highest BCUT2D eigenvalue weighted by molar-refractivity contribution is 5.43. The normalized spacial score (nSPS) is 16.3. The van der Waals surface area contributed by atoms with Gasteiger partial charge in [0.2, 0.25) is 0 Å². The van der Waals surface area contributed by atoms with E-state index in [2.05, 4.69) is 4.98 Å². The Labute approximate surface area is 109 Å². The lowest BCUT2D eigenvalue weighted by molar-refractivity contribution is -0.139. The summed E-state index contributed by atoms with van der Waals surface area (Å²) in [7, 11) is 0. The molecule has 0 bridgehead atoms. The second kappa shape index (κ2) is 4.58. The molecule has 1 heterocycles. The summed E-state index contributed by atoms with van der Waals surface area (Å²) in [6.07, 6.45) is -2.03. The number of hydrogen-bond acceptors (Lipinski definition) is 3. The highest BCUT2D eigenvalue weighted by Crippen LogP contribution is 2.43. The second-order valence-electron chi connectivity index (χ2n) is 5.52. The molecule has 1 aliphatic rings. The summed E-state index contributed by atoms with van der Waals surface area (Å²) < 4.78 is 49.7. The molecule has 1 aromatic heterocycles. The van der Waals surface area contributed by atoms with Crippen molar-refractivity contribution in [2.45, 2.75) is 51.5 Å². The largest absolute Gasteiger partial charge is 0.484 e. The Morgan fingerprint density at radius 3 is 2.32 bits per heavy atom. The number of pyridine rings is 1. The van der Waals surface area contributed by atoms with Crippen LogP contribution in [0.3, 0.4) is 0 Å². The first-order valence-corrected chi connectivity index (χ1v) is 6.09. The summed E-state index contributed by atoms with van der Waals surface area (Å²) >= 11 is 0. The molecule has 1 aliphatic carbocycles. The van der Waals surface area contributed by atoms with E-state index in [-0.39, 0.29) is 17.7 Å². The van der Waals surface area contributed by atoms with Crippen LogP contribution in [0.5, 0.6) is 11.6 Å². The first kappa shape index (κ1) is 14.0. The van der Waals surface area contributed by atoms with Crippen molar-refractivity contribution < 1.29 is 22.6 Å². The molecule has 1 aromatic rings. The molecule has 3 nitrogen and oxygen atoms in total. The minimum Gasteiger partial charge on any atom is -0.484 e. The van der Waals surface area contributed by atoms with Crippen LogP contribution in [0.1, 0.15) is 39.2 Å². The molecule has 2 rings (SSSR count). The van der Waals surface area contributed by atoms with Gasteiger partial charge in [-0.1, -0.05) is 0 Å². The van der Waals surface area contributed by atoms with Gasteiger partial charge in [0.15, 0.2) is 5.75 Å². The molecule has 0 N–H and O–H groups in total.